The molecule has 0 saturated heterocycles. The van der Waals surface area contributed by atoms with Crippen molar-refractivity contribution in [2.24, 2.45) is 7.05 Å². The number of aromatic nitrogens is 3. The molecule has 0 saturated carbocycles. The van der Waals surface area contributed by atoms with Crippen molar-refractivity contribution in [1.82, 2.24) is 14.8 Å². The first kappa shape index (κ1) is 19.5. The van der Waals surface area contributed by atoms with Gasteiger partial charge in [0.1, 0.15) is 5.76 Å². The van der Waals surface area contributed by atoms with Crippen LogP contribution in [0.2, 0.25) is 0 Å². The Bertz CT molecular complexity index is 1050. The summed E-state index contributed by atoms with van der Waals surface area (Å²) in [5, 5.41) is 21.5. The molecule has 9 nitrogen and oxygen atoms in total. The fourth-order valence-corrected chi connectivity index (χ4v) is 3.27. The Morgan fingerprint density at radius 3 is 2.79 bits per heavy atom. The summed E-state index contributed by atoms with van der Waals surface area (Å²) < 4.78 is 20.4. The predicted molar refractivity (Wildman–Crippen MR) is 100 cm³/mol. The summed E-state index contributed by atoms with van der Waals surface area (Å²) in [4.78, 5) is 22.4. The number of halogens is 1. The van der Waals surface area contributed by atoms with Crippen LogP contribution in [0, 0.1) is 22.9 Å². The van der Waals surface area contributed by atoms with Crippen LogP contribution in [0.5, 0.6) is 0 Å². The molecule has 2 aromatic heterocycles. The zero-order valence-corrected chi connectivity index (χ0v) is 16.0. The van der Waals surface area contributed by atoms with E-state index in [2.05, 4.69) is 15.5 Å². The number of nitro benzene ring substituents is 1. The number of nitrogens with zero attached hydrogens (tertiary/aromatic N) is 4. The van der Waals surface area contributed by atoms with Crippen molar-refractivity contribution in [3.05, 3.63) is 52.2 Å². The van der Waals surface area contributed by atoms with Crippen molar-refractivity contribution >= 4 is 29.0 Å². The van der Waals surface area contributed by atoms with Crippen molar-refractivity contribution in [2.45, 2.75) is 24.3 Å². The second-order valence-corrected chi connectivity index (χ2v) is 7.24. The van der Waals surface area contributed by atoms with Gasteiger partial charge in [0, 0.05) is 18.8 Å². The lowest BCUT2D eigenvalue weighted by Crippen LogP contribution is -2.23. The number of nitro groups is 1. The summed E-state index contributed by atoms with van der Waals surface area (Å²) in [5.74, 6) is -0.0622. The first-order chi connectivity index (χ1) is 13.3. The highest BCUT2D eigenvalue weighted by Crippen LogP contribution is 2.28. The van der Waals surface area contributed by atoms with Crippen LogP contribution in [0.15, 0.2) is 40.1 Å². The van der Waals surface area contributed by atoms with Crippen molar-refractivity contribution in [3.8, 4) is 11.4 Å². The first-order valence-corrected chi connectivity index (χ1v) is 9.01. The highest BCUT2D eigenvalue weighted by Gasteiger charge is 2.22. The minimum absolute atomic E-state index is 0.137. The predicted octanol–water partition coefficient (Wildman–Crippen LogP) is 3.55. The molecule has 0 spiro atoms. The Kier molecular flexibility index (Phi) is 5.45. The van der Waals surface area contributed by atoms with E-state index < -0.39 is 27.6 Å². The van der Waals surface area contributed by atoms with Gasteiger partial charge >= 0.3 is 5.69 Å². The zero-order chi connectivity index (χ0) is 20.4. The van der Waals surface area contributed by atoms with Crippen LogP contribution in [0.4, 0.5) is 15.8 Å². The average Bonchev–Trinajstić information content (AvgIpc) is 3.22. The number of aryl methyl sites for hydroxylation is 1. The quantitative estimate of drug-likeness (QED) is 0.379. The van der Waals surface area contributed by atoms with E-state index in [4.69, 9.17) is 4.42 Å². The number of hydrogen-bond acceptors (Lipinski definition) is 7. The molecular formula is C17H16FN5O4S. The maximum absolute atomic E-state index is 13.4. The molecule has 1 amide bonds. The summed E-state index contributed by atoms with van der Waals surface area (Å²) in [6.07, 6.45) is 1.56. The molecule has 11 heteroatoms. The summed E-state index contributed by atoms with van der Waals surface area (Å²) in [6.45, 7) is 3.48. The number of hydrogen-bond donors (Lipinski definition) is 1. The van der Waals surface area contributed by atoms with Gasteiger partial charge in [-0.25, -0.2) is 0 Å². The molecule has 2 heterocycles. The normalized spacial score (nSPS) is 12.0. The third kappa shape index (κ3) is 3.88. The second-order valence-electron chi connectivity index (χ2n) is 5.93. The molecule has 28 heavy (non-hydrogen) atoms. The van der Waals surface area contributed by atoms with Gasteiger partial charge in [0.05, 0.1) is 22.0 Å². The number of thioether (sulfide) groups is 1. The molecule has 0 aliphatic heterocycles. The summed E-state index contributed by atoms with van der Waals surface area (Å²) >= 11 is 1.17. The molecule has 1 atom stereocenters. The van der Waals surface area contributed by atoms with Gasteiger partial charge in [-0.3, -0.25) is 14.9 Å². The van der Waals surface area contributed by atoms with Gasteiger partial charge in [0.15, 0.2) is 11.0 Å². The Morgan fingerprint density at radius 1 is 1.39 bits per heavy atom. The average molecular weight is 405 g/mol. The number of carbonyl (C=O) groups is 1. The maximum Gasteiger partial charge on any atom is 0.306 e. The largest absolute Gasteiger partial charge is 0.469 e. The van der Waals surface area contributed by atoms with Crippen LogP contribution in [-0.2, 0) is 11.8 Å². The topological polar surface area (TPSA) is 116 Å². The standard InChI is InChI=1S/C17H16FN5O4S/c1-9-12(6-7-27-9)15-20-21-17(22(15)3)28-10(2)16(24)19-11-4-5-13(18)14(8-11)23(25)26/h4-8,10H,1-3H3,(H,19,24)/t10-/m1/s1. The summed E-state index contributed by atoms with van der Waals surface area (Å²) in [5.41, 5.74) is 0.238. The minimum atomic E-state index is -0.966. The van der Waals surface area contributed by atoms with Gasteiger partial charge in [-0.05, 0) is 32.0 Å². The molecule has 0 unspecified atom stereocenters. The third-order valence-corrected chi connectivity index (χ3v) is 5.13. The van der Waals surface area contributed by atoms with Gasteiger partial charge in [-0.2, -0.15) is 4.39 Å². The molecule has 1 N–H and O–H groups in total. The van der Waals surface area contributed by atoms with Crippen molar-refractivity contribution in [2.75, 3.05) is 5.32 Å². The van der Waals surface area contributed by atoms with E-state index in [0.717, 1.165) is 17.7 Å². The van der Waals surface area contributed by atoms with Crippen molar-refractivity contribution in [3.63, 3.8) is 0 Å². The minimum Gasteiger partial charge on any atom is -0.469 e. The van der Waals surface area contributed by atoms with Gasteiger partial charge in [-0.1, -0.05) is 11.8 Å². The molecule has 1 aromatic carbocycles. The van der Waals surface area contributed by atoms with E-state index >= 15 is 0 Å². The van der Waals surface area contributed by atoms with E-state index in [1.165, 1.54) is 17.8 Å². The number of rotatable bonds is 6. The molecule has 0 aliphatic rings. The van der Waals surface area contributed by atoms with E-state index in [1.807, 2.05) is 6.92 Å². The number of benzene rings is 1. The van der Waals surface area contributed by atoms with Crippen LogP contribution in [0.25, 0.3) is 11.4 Å². The monoisotopic (exact) mass is 405 g/mol. The number of carbonyl (C=O) groups excluding carboxylic acids is 1. The van der Waals surface area contributed by atoms with Gasteiger partial charge in [-0.15, -0.1) is 10.2 Å². The van der Waals surface area contributed by atoms with Crippen LogP contribution >= 0.6 is 11.8 Å². The maximum atomic E-state index is 13.4. The number of nitrogens with one attached hydrogen (secondary N) is 1. The molecule has 0 bridgehead atoms. The fourth-order valence-electron chi connectivity index (χ4n) is 2.45. The van der Waals surface area contributed by atoms with Gasteiger partial charge < -0.3 is 14.3 Å². The zero-order valence-electron chi connectivity index (χ0n) is 15.2. The Labute approximate surface area is 163 Å². The Hall–Kier alpha value is -3.21. The number of amides is 1. The first-order valence-electron chi connectivity index (χ1n) is 8.13. The van der Waals surface area contributed by atoms with Crippen molar-refractivity contribution in [1.29, 1.82) is 0 Å². The van der Waals surface area contributed by atoms with Crippen LogP contribution in [-0.4, -0.2) is 30.8 Å². The number of furan rings is 1. The molecule has 3 aromatic rings. The SMILES string of the molecule is Cc1occc1-c1nnc(S[C@H](C)C(=O)Nc2ccc(F)c([N+](=O)[O-])c2)n1C. The van der Waals surface area contributed by atoms with Crippen LogP contribution in [0.1, 0.15) is 12.7 Å². The molecule has 0 aliphatic carbocycles. The smallest absolute Gasteiger partial charge is 0.306 e. The highest BCUT2D eigenvalue weighted by atomic mass is 32.2. The molecule has 146 valence electrons. The molecular weight excluding hydrogens is 389 g/mol. The fraction of sp³-hybridized carbons (Fsp3) is 0.235. The number of anilines is 1. The van der Waals surface area contributed by atoms with Crippen molar-refractivity contribution < 1.29 is 18.5 Å². The Morgan fingerprint density at radius 2 is 2.14 bits per heavy atom. The van der Waals surface area contributed by atoms with E-state index in [1.54, 1.807) is 30.9 Å². The third-order valence-electron chi connectivity index (χ3n) is 4.00. The Balaban J connectivity index is 1.72. The second kappa shape index (κ2) is 7.80. The summed E-state index contributed by atoms with van der Waals surface area (Å²) in [6, 6.07) is 4.96. The molecule has 3 rings (SSSR count). The lowest BCUT2D eigenvalue weighted by molar-refractivity contribution is -0.387. The van der Waals surface area contributed by atoms with Gasteiger partial charge in [0.25, 0.3) is 0 Å². The van der Waals surface area contributed by atoms with Crippen LogP contribution < -0.4 is 5.32 Å². The van der Waals surface area contributed by atoms with E-state index in [-0.39, 0.29) is 5.69 Å². The lowest BCUT2D eigenvalue weighted by atomic mass is 10.2. The summed E-state index contributed by atoms with van der Waals surface area (Å²) in [7, 11) is 1.78. The lowest BCUT2D eigenvalue weighted by Gasteiger charge is -2.11. The molecule has 0 radical (unpaired) electrons. The van der Waals surface area contributed by atoms with E-state index in [0.29, 0.717) is 16.7 Å². The van der Waals surface area contributed by atoms with Gasteiger partial charge in [0.2, 0.25) is 11.7 Å². The van der Waals surface area contributed by atoms with Crippen LogP contribution in [0.3, 0.4) is 0 Å². The highest BCUT2D eigenvalue weighted by molar-refractivity contribution is 8.00. The molecule has 0 fully saturated rings. The van der Waals surface area contributed by atoms with E-state index in [9.17, 15) is 19.3 Å².